The molecule has 1 fully saturated rings. The summed E-state index contributed by atoms with van der Waals surface area (Å²) in [5.41, 5.74) is -1.03. The van der Waals surface area contributed by atoms with Crippen LogP contribution < -0.4 is 5.32 Å². The molecule has 1 aromatic carbocycles. The second-order valence-corrected chi connectivity index (χ2v) is 7.17. The highest BCUT2D eigenvalue weighted by Gasteiger charge is 2.35. The fraction of sp³-hybridized carbons (Fsp3) is 0.500. The van der Waals surface area contributed by atoms with Crippen LogP contribution in [0.1, 0.15) is 12.5 Å². The lowest BCUT2D eigenvalue weighted by Gasteiger charge is -2.31. The molecular formula is C12H15Cl2F3N2O2S. The first-order chi connectivity index (χ1) is 9.62. The fourth-order valence-electron chi connectivity index (χ4n) is 2.13. The second kappa shape index (κ2) is 6.92. The molecule has 4 nitrogen and oxygen atoms in total. The van der Waals surface area contributed by atoms with Crippen LogP contribution in [0.3, 0.4) is 0 Å². The summed E-state index contributed by atoms with van der Waals surface area (Å²) in [5, 5.41) is 2.85. The lowest BCUT2D eigenvalue weighted by Crippen LogP contribution is -2.51. The van der Waals surface area contributed by atoms with Crippen molar-refractivity contribution in [2.24, 2.45) is 0 Å². The van der Waals surface area contributed by atoms with Crippen molar-refractivity contribution in [2.75, 3.05) is 19.6 Å². The molecule has 0 saturated carbocycles. The van der Waals surface area contributed by atoms with Gasteiger partial charge in [0.05, 0.1) is 10.6 Å². The van der Waals surface area contributed by atoms with Crippen LogP contribution in [-0.2, 0) is 16.2 Å². The predicted molar refractivity (Wildman–Crippen MR) is 79.9 cm³/mol. The van der Waals surface area contributed by atoms with E-state index in [1.807, 2.05) is 0 Å². The maximum absolute atomic E-state index is 12.7. The van der Waals surface area contributed by atoms with Crippen molar-refractivity contribution in [1.29, 1.82) is 0 Å². The number of piperazine rings is 1. The smallest absolute Gasteiger partial charge is 0.312 e. The van der Waals surface area contributed by atoms with E-state index < -0.39 is 26.7 Å². The van der Waals surface area contributed by atoms with Crippen molar-refractivity contribution in [3.8, 4) is 0 Å². The number of nitrogens with zero attached hydrogens (tertiary/aromatic N) is 1. The van der Waals surface area contributed by atoms with Crippen LogP contribution in [0.4, 0.5) is 13.2 Å². The van der Waals surface area contributed by atoms with Crippen LogP contribution in [0.2, 0.25) is 5.02 Å². The molecule has 0 radical (unpaired) electrons. The molecule has 2 rings (SSSR count). The van der Waals surface area contributed by atoms with Gasteiger partial charge in [0.1, 0.15) is 4.90 Å². The Morgan fingerprint density at radius 3 is 2.55 bits per heavy atom. The Labute approximate surface area is 138 Å². The number of halogens is 5. The average Bonchev–Trinajstić information content (AvgIpc) is 2.37. The molecule has 0 spiro atoms. The summed E-state index contributed by atoms with van der Waals surface area (Å²) >= 11 is 5.80. The Balaban J connectivity index is 0.00000242. The molecule has 1 aliphatic rings. The van der Waals surface area contributed by atoms with Crippen molar-refractivity contribution in [1.82, 2.24) is 9.62 Å². The lowest BCUT2D eigenvalue weighted by atomic mass is 10.2. The molecule has 1 unspecified atom stereocenters. The number of alkyl halides is 3. The predicted octanol–water partition coefficient (Wildman–Crippen LogP) is 2.76. The van der Waals surface area contributed by atoms with E-state index in [9.17, 15) is 21.6 Å². The normalized spacial score (nSPS) is 20.5. The molecule has 1 aromatic rings. The zero-order valence-corrected chi connectivity index (χ0v) is 13.9. The van der Waals surface area contributed by atoms with Gasteiger partial charge in [-0.05, 0) is 25.1 Å². The zero-order chi connectivity index (χ0) is 15.8. The minimum absolute atomic E-state index is 0. The van der Waals surface area contributed by atoms with Gasteiger partial charge in [0, 0.05) is 25.7 Å². The van der Waals surface area contributed by atoms with Gasteiger partial charge in [0.25, 0.3) is 0 Å². The number of sulfonamides is 1. The summed E-state index contributed by atoms with van der Waals surface area (Å²) < 4.78 is 64.3. The summed E-state index contributed by atoms with van der Waals surface area (Å²) in [6.07, 6.45) is -4.62. The van der Waals surface area contributed by atoms with E-state index in [-0.39, 0.29) is 36.6 Å². The van der Waals surface area contributed by atoms with Gasteiger partial charge in [0.15, 0.2) is 0 Å². The summed E-state index contributed by atoms with van der Waals surface area (Å²) in [4.78, 5) is -0.506. The van der Waals surface area contributed by atoms with Crippen molar-refractivity contribution in [2.45, 2.75) is 24.0 Å². The van der Waals surface area contributed by atoms with Gasteiger partial charge in [-0.1, -0.05) is 11.6 Å². The van der Waals surface area contributed by atoms with Gasteiger partial charge in [0.2, 0.25) is 10.0 Å². The molecule has 126 valence electrons. The Bertz CT molecular complexity index is 638. The van der Waals surface area contributed by atoms with E-state index in [1.165, 1.54) is 0 Å². The molecule has 1 saturated heterocycles. The number of hydrogen-bond acceptors (Lipinski definition) is 3. The van der Waals surface area contributed by atoms with Gasteiger partial charge in [-0.3, -0.25) is 0 Å². The molecule has 0 aromatic heterocycles. The van der Waals surface area contributed by atoms with Crippen molar-refractivity contribution in [3.05, 3.63) is 28.8 Å². The van der Waals surface area contributed by atoms with E-state index in [0.29, 0.717) is 12.6 Å². The molecule has 22 heavy (non-hydrogen) atoms. The van der Waals surface area contributed by atoms with Crippen LogP contribution in [0.15, 0.2) is 23.1 Å². The first-order valence-corrected chi connectivity index (χ1v) is 8.04. The highest BCUT2D eigenvalue weighted by molar-refractivity contribution is 7.89. The zero-order valence-electron chi connectivity index (χ0n) is 11.5. The van der Waals surface area contributed by atoms with Crippen molar-refractivity contribution < 1.29 is 21.6 Å². The third kappa shape index (κ3) is 4.05. The molecule has 1 heterocycles. The van der Waals surface area contributed by atoms with Crippen LogP contribution in [-0.4, -0.2) is 38.4 Å². The molecule has 10 heteroatoms. The number of rotatable bonds is 2. The van der Waals surface area contributed by atoms with E-state index >= 15 is 0 Å². The van der Waals surface area contributed by atoms with Crippen molar-refractivity contribution >= 4 is 34.0 Å². The minimum atomic E-state index is -4.62. The van der Waals surface area contributed by atoms with Gasteiger partial charge in [-0.15, -0.1) is 12.4 Å². The average molecular weight is 379 g/mol. The monoisotopic (exact) mass is 378 g/mol. The summed E-state index contributed by atoms with van der Waals surface area (Å²) in [6, 6.07) is 2.24. The van der Waals surface area contributed by atoms with Gasteiger partial charge in [-0.25, -0.2) is 8.42 Å². The lowest BCUT2D eigenvalue weighted by molar-refractivity contribution is -0.137. The Kier molecular flexibility index (Phi) is 6.14. The summed E-state index contributed by atoms with van der Waals surface area (Å²) in [7, 11) is -4.05. The summed E-state index contributed by atoms with van der Waals surface area (Å²) in [5.74, 6) is 0. The molecule has 1 N–H and O–H groups in total. The maximum Gasteiger partial charge on any atom is 0.416 e. The molecule has 1 atom stereocenters. The molecular weight excluding hydrogens is 364 g/mol. The van der Waals surface area contributed by atoms with Gasteiger partial charge < -0.3 is 5.32 Å². The molecule has 0 amide bonds. The third-order valence-electron chi connectivity index (χ3n) is 3.21. The quantitative estimate of drug-likeness (QED) is 0.860. The second-order valence-electron chi connectivity index (χ2n) is 4.86. The standard InChI is InChI=1S/C12H14ClF3N2O2S.ClH/c1-8-7-18(5-4-17-8)21(19,20)11-6-9(12(14,15)16)2-3-10(11)13;/h2-3,6,8,17H,4-5,7H2,1H3;1H. The van der Waals surface area contributed by atoms with Crippen LogP contribution >= 0.6 is 24.0 Å². The molecule has 1 aliphatic heterocycles. The Hall–Kier alpha value is -0.540. The van der Waals surface area contributed by atoms with Crippen LogP contribution in [0, 0.1) is 0 Å². The first-order valence-electron chi connectivity index (χ1n) is 6.22. The third-order valence-corrected chi connectivity index (χ3v) is 5.55. The van der Waals surface area contributed by atoms with Gasteiger partial charge >= 0.3 is 6.18 Å². The van der Waals surface area contributed by atoms with Crippen LogP contribution in [0.25, 0.3) is 0 Å². The number of benzene rings is 1. The SMILES string of the molecule is CC1CN(S(=O)(=O)c2cc(C(F)(F)F)ccc2Cl)CCN1.Cl. The van der Waals surface area contributed by atoms with E-state index in [2.05, 4.69) is 5.32 Å². The largest absolute Gasteiger partial charge is 0.416 e. The molecule has 0 aliphatic carbocycles. The highest BCUT2D eigenvalue weighted by Crippen LogP contribution is 2.34. The maximum atomic E-state index is 12.7. The number of hydrogen-bond donors (Lipinski definition) is 1. The Morgan fingerprint density at radius 2 is 2.00 bits per heavy atom. The van der Waals surface area contributed by atoms with Crippen LogP contribution in [0.5, 0.6) is 0 Å². The first kappa shape index (κ1) is 19.5. The van der Waals surface area contributed by atoms with E-state index in [0.717, 1.165) is 16.4 Å². The minimum Gasteiger partial charge on any atom is -0.312 e. The fourth-order valence-corrected chi connectivity index (χ4v) is 4.16. The Morgan fingerprint density at radius 1 is 1.36 bits per heavy atom. The molecule has 0 bridgehead atoms. The number of nitrogens with one attached hydrogen (secondary N) is 1. The van der Waals surface area contributed by atoms with Gasteiger partial charge in [-0.2, -0.15) is 17.5 Å². The highest BCUT2D eigenvalue weighted by atomic mass is 35.5. The topological polar surface area (TPSA) is 49.4 Å². The summed E-state index contributed by atoms with van der Waals surface area (Å²) in [6.45, 7) is 2.63. The van der Waals surface area contributed by atoms with E-state index in [4.69, 9.17) is 11.6 Å². The van der Waals surface area contributed by atoms with Crippen molar-refractivity contribution in [3.63, 3.8) is 0 Å². The van der Waals surface area contributed by atoms with E-state index in [1.54, 1.807) is 6.92 Å².